The second-order valence-corrected chi connectivity index (χ2v) is 5.65. The van der Waals surface area contributed by atoms with Crippen molar-refractivity contribution in [2.24, 2.45) is 11.8 Å². The van der Waals surface area contributed by atoms with Gasteiger partial charge in [0.15, 0.2) is 0 Å². The van der Waals surface area contributed by atoms with Crippen LogP contribution in [0.5, 0.6) is 0 Å². The van der Waals surface area contributed by atoms with Crippen molar-refractivity contribution in [1.82, 2.24) is 5.32 Å². The molecule has 0 saturated heterocycles. The van der Waals surface area contributed by atoms with Crippen molar-refractivity contribution in [2.75, 3.05) is 0 Å². The molecule has 1 rings (SSSR count). The lowest BCUT2D eigenvalue weighted by Gasteiger charge is -2.19. The van der Waals surface area contributed by atoms with Crippen LogP contribution in [0.4, 0.5) is 0 Å². The molecular weight excluding hydrogens is 206 g/mol. The minimum atomic E-state index is -0.473. The maximum Gasteiger partial charge on any atom is 0.310 e. The summed E-state index contributed by atoms with van der Waals surface area (Å²) in [5.41, 5.74) is -0.473. The lowest BCUT2D eigenvalue weighted by atomic mass is 10.2. The third kappa shape index (κ3) is 3.83. The number of esters is 1. The van der Waals surface area contributed by atoms with E-state index in [-0.39, 0.29) is 29.8 Å². The van der Waals surface area contributed by atoms with Gasteiger partial charge in [-0.25, -0.2) is 0 Å². The summed E-state index contributed by atoms with van der Waals surface area (Å²) in [6.07, 6.45) is 0.619. The van der Waals surface area contributed by atoms with Gasteiger partial charge in [-0.05, 0) is 41.0 Å². The van der Waals surface area contributed by atoms with Crippen LogP contribution in [0.15, 0.2) is 0 Å². The van der Waals surface area contributed by atoms with Gasteiger partial charge in [-0.1, -0.05) is 0 Å². The Morgan fingerprint density at radius 1 is 1.25 bits per heavy atom. The van der Waals surface area contributed by atoms with E-state index in [1.165, 1.54) is 0 Å². The molecule has 1 aliphatic rings. The van der Waals surface area contributed by atoms with Crippen LogP contribution in [-0.2, 0) is 14.3 Å². The van der Waals surface area contributed by atoms with Gasteiger partial charge in [-0.15, -0.1) is 0 Å². The molecule has 1 N–H and O–H groups in total. The Balaban J connectivity index is 2.39. The van der Waals surface area contributed by atoms with Gasteiger partial charge in [0.1, 0.15) is 5.60 Å². The maximum absolute atomic E-state index is 11.6. The molecular formula is C12H21NO3. The number of hydrogen-bond donors (Lipinski definition) is 1. The Morgan fingerprint density at radius 2 is 1.81 bits per heavy atom. The molecule has 0 aromatic carbocycles. The topological polar surface area (TPSA) is 55.4 Å². The van der Waals surface area contributed by atoms with Crippen molar-refractivity contribution < 1.29 is 14.3 Å². The Morgan fingerprint density at radius 3 is 2.25 bits per heavy atom. The summed E-state index contributed by atoms with van der Waals surface area (Å²) in [6, 6.07) is 0.118. The van der Waals surface area contributed by atoms with Crippen LogP contribution in [0.1, 0.15) is 41.0 Å². The SMILES string of the molecule is CC(C)NC(=O)[C@@H]1C[C@H]1C(=O)OC(C)(C)C. The largest absolute Gasteiger partial charge is 0.460 e. The van der Waals surface area contributed by atoms with Gasteiger partial charge in [-0.2, -0.15) is 0 Å². The zero-order chi connectivity index (χ0) is 12.5. The Labute approximate surface area is 96.7 Å². The highest BCUT2D eigenvalue weighted by molar-refractivity contribution is 5.90. The number of amides is 1. The summed E-state index contributed by atoms with van der Waals surface area (Å²) in [4.78, 5) is 23.2. The number of nitrogens with one attached hydrogen (secondary N) is 1. The van der Waals surface area contributed by atoms with Gasteiger partial charge in [0, 0.05) is 6.04 Å². The summed E-state index contributed by atoms with van der Waals surface area (Å²) in [6.45, 7) is 9.30. The molecule has 0 bridgehead atoms. The molecule has 0 aromatic rings. The molecule has 2 atom stereocenters. The van der Waals surface area contributed by atoms with E-state index in [1.807, 2.05) is 34.6 Å². The normalized spacial score (nSPS) is 24.1. The number of carbonyl (C=O) groups excluding carboxylic acids is 2. The summed E-state index contributed by atoms with van der Waals surface area (Å²) in [7, 11) is 0. The van der Waals surface area contributed by atoms with E-state index >= 15 is 0 Å². The number of ether oxygens (including phenoxy) is 1. The van der Waals surface area contributed by atoms with E-state index in [1.54, 1.807) is 0 Å². The molecule has 1 amide bonds. The Hall–Kier alpha value is -1.06. The predicted octanol–water partition coefficient (Wildman–Crippen LogP) is 1.49. The fourth-order valence-electron chi connectivity index (χ4n) is 1.51. The van der Waals surface area contributed by atoms with Crippen molar-refractivity contribution in [3.8, 4) is 0 Å². The first kappa shape index (κ1) is 13.0. The third-order valence-corrected chi connectivity index (χ3v) is 2.27. The van der Waals surface area contributed by atoms with E-state index in [0.29, 0.717) is 6.42 Å². The zero-order valence-corrected chi connectivity index (χ0v) is 10.7. The van der Waals surface area contributed by atoms with E-state index in [9.17, 15) is 9.59 Å². The second kappa shape index (κ2) is 4.44. The molecule has 0 aromatic heterocycles. The molecule has 0 heterocycles. The van der Waals surface area contributed by atoms with Crippen molar-refractivity contribution in [3.05, 3.63) is 0 Å². The minimum absolute atomic E-state index is 0.0362. The molecule has 0 aliphatic heterocycles. The van der Waals surface area contributed by atoms with Gasteiger partial charge in [-0.3, -0.25) is 9.59 Å². The first-order valence-corrected chi connectivity index (χ1v) is 5.74. The molecule has 4 heteroatoms. The number of hydrogen-bond acceptors (Lipinski definition) is 3. The molecule has 1 aliphatic carbocycles. The van der Waals surface area contributed by atoms with Crippen LogP contribution in [0.25, 0.3) is 0 Å². The quantitative estimate of drug-likeness (QED) is 0.743. The highest BCUT2D eigenvalue weighted by Crippen LogP contribution is 2.40. The Kier molecular flexibility index (Phi) is 3.61. The summed E-state index contributed by atoms with van der Waals surface area (Å²) < 4.78 is 5.23. The lowest BCUT2D eigenvalue weighted by Crippen LogP contribution is -2.33. The molecule has 0 unspecified atom stereocenters. The lowest BCUT2D eigenvalue weighted by molar-refractivity contribution is -0.157. The zero-order valence-electron chi connectivity index (χ0n) is 10.7. The first-order valence-electron chi connectivity index (χ1n) is 5.74. The van der Waals surface area contributed by atoms with Crippen molar-refractivity contribution in [3.63, 3.8) is 0 Å². The molecule has 0 radical (unpaired) electrons. The van der Waals surface area contributed by atoms with Crippen molar-refractivity contribution in [1.29, 1.82) is 0 Å². The van der Waals surface area contributed by atoms with Crippen molar-refractivity contribution >= 4 is 11.9 Å². The summed E-state index contributed by atoms with van der Waals surface area (Å²) >= 11 is 0. The average molecular weight is 227 g/mol. The monoisotopic (exact) mass is 227 g/mol. The van der Waals surface area contributed by atoms with Gasteiger partial charge < -0.3 is 10.1 Å². The highest BCUT2D eigenvalue weighted by Gasteiger charge is 2.49. The van der Waals surface area contributed by atoms with Crippen LogP contribution >= 0.6 is 0 Å². The molecule has 4 nitrogen and oxygen atoms in total. The average Bonchev–Trinajstić information content (AvgIpc) is 2.76. The van der Waals surface area contributed by atoms with E-state index in [2.05, 4.69) is 5.32 Å². The third-order valence-electron chi connectivity index (χ3n) is 2.27. The fourth-order valence-corrected chi connectivity index (χ4v) is 1.51. The minimum Gasteiger partial charge on any atom is -0.460 e. The second-order valence-electron chi connectivity index (χ2n) is 5.65. The van der Waals surface area contributed by atoms with E-state index in [4.69, 9.17) is 4.74 Å². The molecule has 0 spiro atoms. The fraction of sp³-hybridized carbons (Fsp3) is 0.833. The van der Waals surface area contributed by atoms with Gasteiger partial charge in [0.2, 0.25) is 5.91 Å². The summed E-state index contributed by atoms with van der Waals surface area (Å²) in [5.74, 6) is -0.711. The highest BCUT2D eigenvalue weighted by atomic mass is 16.6. The standard InChI is InChI=1S/C12H21NO3/c1-7(2)13-10(14)8-6-9(8)11(15)16-12(3,4)5/h7-9H,6H2,1-5H3,(H,13,14)/t8-,9-/m1/s1. The smallest absolute Gasteiger partial charge is 0.310 e. The van der Waals surface area contributed by atoms with Gasteiger partial charge >= 0.3 is 5.97 Å². The van der Waals surface area contributed by atoms with Crippen LogP contribution < -0.4 is 5.32 Å². The number of rotatable bonds is 3. The van der Waals surface area contributed by atoms with Crippen LogP contribution in [-0.4, -0.2) is 23.5 Å². The molecule has 92 valence electrons. The maximum atomic E-state index is 11.6. The van der Waals surface area contributed by atoms with Crippen molar-refractivity contribution in [2.45, 2.75) is 52.7 Å². The summed E-state index contributed by atoms with van der Waals surface area (Å²) in [5, 5.41) is 2.81. The van der Waals surface area contributed by atoms with Gasteiger partial charge in [0.05, 0.1) is 11.8 Å². The van der Waals surface area contributed by atoms with Crippen LogP contribution in [0.2, 0.25) is 0 Å². The molecule has 16 heavy (non-hydrogen) atoms. The Bertz CT molecular complexity index is 291. The van der Waals surface area contributed by atoms with Crippen LogP contribution in [0, 0.1) is 11.8 Å². The van der Waals surface area contributed by atoms with E-state index < -0.39 is 5.60 Å². The first-order chi connectivity index (χ1) is 7.20. The molecule has 1 saturated carbocycles. The van der Waals surface area contributed by atoms with E-state index in [0.717, 1.165) is 0 Å². The number of carbonyl (C=O) groups is 2. The predicted molar refractivity (Wildman–Crippen MR) is 60.7 cm³/mol. The molecule has 1 fully saturated rings. The van der Waals surface area contributed by atoms with Gasteiger partial charge in [0.25, 0.3) is 0 Å². The van der Waals surface area contributed by atoms with Crippen LogP contribution in [0.3, 0.4) is 0 Å².